The third-order valence-electron chi connectivity index (χ3n) is 3.14. The second kappa shape index (κ2) is 9.11. The summed E-state index contributed by atoms with van der Waals surface area (Å²) in [5, 5.41) is 3.52. The molecule has 1 rings (SSSR count). The maximum absolute atomic E-state index is 5.56. The van der Waals surface area contributed by atoms with Crippen LogP contribution in [0.15, 0.2) is 24.3 Å². The van der Waals surface area contributed by atoms with Gasteiger partial charge in [0.05, 0.1) is 6.61 Å². The molecule has 19 heavy (non-hydrogen) atoms. The van der Waals surface area contributed by atoms with E-state index in [4.69, 9.17) is 4.74 Å². The van der Waals surface area contributed by atoms with Gasteiger partial charge in [0.1, 0.15) is 0 Å². The van der Waals surface area contributed by atoms with Gasteiger partial charge in [-0.15, -0.1) is 0 Å². The predicted molar refractivity (Wildman–Crippen MR) is 82.6 cm³/mol. The van der Waals surface area contributed by atoms with Crippen molar-refractivity contribution in [3.8, 4) is 0 Å². The van der Waals surface area contributed by atoms with Gasteiger partial charge in [0.25, 0.3) is 0 Å². The SMILES string of the molecule is Cc1cccc(CCC(C)NCCOCC(C)C)c1. The fourth-order valence-electron chi connectivity index (χ4n) is 2.05. The summed E-state index contributed by atoms with van der Waals surface area (Å²) in [6.45, 7) is 11.4. The summed E-state index contributed by atoms with van der Waals surface area (Å²) in [5.41, 5.74) is 2.78. The highest BCUT2D eigenvalue weighted by Crippen LogP contribution is 2.07. The molecule has 0 bridgehead atoms. The fraction of sp³-hybridized carbons (Fsp3) is 0.647. The number of hydrogen-bond acceptors (Lipinski definition) is 2. The Morgan fingerprint density at radius 3 is 2.68 bits per heavy atom. The third-order valence-corrected chi connectivity index (χ3v) is 3.14. The van der Waals surface area contributed by atoms with Gasteiger partial charge in [-0.05, 0) is 38.2 Å². The van der Waals surface area contributed by atoms with Crippen LogP contribution in [0, 0.1) is 12.8 Å². The molecule has 0 aliphatic carbocycles. The highest BCUT2D eigenvalue weighted by atomic mass is 16.5. The first-order chi connectivity index (χ1) is 9.08. The van der Waals surface area contributed by atoms with E-state index < -0.39 is 0 Å². The van der Waals surface area contributed by atoms with E-state index in [1.54, 1.807) is 0 Å². The van der Waals surface area contributed by atoms with Gasteiger partial charge in [0, 0.05) is 19.2 Å². The molecule has 2 nitrogen and oxygen atoms in total. The van der Waals surface area contributed by atoms with Crippen LogP contribution in [0.25, 0.3) is 0 Å². The van der Waals surface area contributed by atoms with Gasteiger partial charge in [0.15, 0.2) is 0 Å². The van der Waals surface area contributed by atoms with Crippen molar-refractivity contribution in [2.45, 2.75) is 46.6 Å². The first-order valence-electron chi connectivity index (χ1n) is 7.44. The molecule has 0 aromatic heterocycles. The summed E-state index contributed by atoms with van der Waals surface area (Å²) < 4.78 is 5.56. The normalized spacial score (nSPS) is 12.9. The van der Waals surface area contributed by atoms with E-state index in [1.165, 1.54) is 17.5 Å². The van der Waals surface area contributed by atoms with Crippen molar-refractivity contribution in [2.24, 2.45) is 5.92 Å². The Bertz CT molecular complexity index is 349. The summed E-state index contributed by atoms with van der Waals surface area (Å²) in [5.74, 6) is 0.624. The van der Waals surface area contributed by atoms with Crippen LogP contribution in [-0.4, -0.2) is 25.8 Å². The summed E-state index contributed by atoms with van der Waals surface area (Å²) in [7, 11) is 0. The van der Waals surface area contributed by atoms with E-state index in [0.717, 1.165) is 26.2 Å². The zero-order valence-electron chi connectivity index (χ0n) is 12.9. The maximum atomic E-state index is 5.56. The topological polar surface area (TPSA) is 21.3 Å². The molecule has 0 fully saturated rings. The van der Waals surface area contributed by atoms with Gasteiger partial charge < -0.3 is 10.1 Å². The molecular weight excluding hydrogens is 234 g/mol. The molecule has 108 valence electrons. The molecule has 1 aromatic carbocycles. The smallest absolute Gasteiger partial charge is 0.0591 e. The van der Waals surface area contributed by atoms with Gasteiger partial charge in [0.2, 0.25) is 0 Å². The summed E-state index contributed by atoms with van der Waals surface area (Å²) >= 11 is 0. The van der Waals surface area contributed by atoms with Crippen molar-refractivity contribution in [1.29, 1.82) is 0 Å². The van der Waals surface area contributed by atoms with Gasteiger partial charge in [-0.1, -0.05) is 43.7 Å². The fourth-order valence-corrected chi connectivity index (χ4v) is 2.05. The largest absolute Gasteiger partial charge is 0.380 e. The molecule has 0 aliphatic heterocycles. The summed E-state index contributed by atoms with van der Waals surface area (Å²) in [6.07, 6.45) is 2.32. The minimum atomic E-state index is 0.545. The van der Waals surface area contributed by atoms with Crippen LogP contribution in [0.4, 0.5) is 0 Å². The van der Waals surface area contributed by atoms with E-state index in [2.05, 4.69) is 57.3 Å². The van der Waals surface area contributed by atoms with Crippen molar-refractivity contribution in [2.75, 3.05) is 19.8 Å². The number of nitrogens with one attached hydrogen (secondary N) is 1. The van der Waals surface area contributed by atoms with Crippen LogP contribution in [0.1, 0.15) is 38.3 Å². The van der Waals surface area contributed by atoms with Crippen molar-refractivity contribution in [3.63, 3.8) is 0 Å². The highest BCUT2D eigenvalue weighted by molar-refractivity contribution is 5.22. The molecule has 2 heteroatoms. The van der Waals surface area contributed by atoms with Crippen molar-refractivity contribution < 1.29 is 4.74 Å². The summed E-state index contributed by atoms with van der Waals surface area (Å²) in [4.78, 5) is 0. The van der Waals surface area contributed by atoms with Gasteiger partial charge >= 0.3 is 0 Å². The number of rotatable bonds is 9. The van der Waals surface area contributed by atoms with Gasteiger partial charge in [-0.25, -0.2) is 0 Å². The predicted octanol–water partition coefficient (Wildman–Crippen LogP) is 3.58. The lowest BCUT2D eigenvalue weighted by atomic mass is 10.0. The Morgan fingerprint density at radius 1 is 1.21 bits per heavy atom. The molecule has 0 saturated heterocycles. The summed E-state index contributed by atoms with van der Waals surface area (Å²) in [6, 6.07) is 9.33. The van der Waals surface area contributed by atoms with E-state index in [-0.39, 0.29) is 0 Å². The molecule has 0 radical (unpaired) electrons. The Balaban J connectivity index is 2.09. The second-order valence-electron chi connectivity index (χ2n) is 5.85. The monoisotopic (exact) mass is 263 g/mol. The van der Waals surface area contributed by atoms with E-state index >= 15 is 0 Å². The molecule has 0 spiro atoms. The van der Waals surface area contributed by atoms with Crippen LogP contribution in [0.2, 0.25) is 0 Å². The van der Waals surface area contributed by atoms with Crippen molar-refractivity contribution in [3.05, 3.63) is 35.4 Å². The first-order valence-corrected chi connectivity index (χ1v) is 7.44. The average Bonchev–Trinajstić information content (AvgIpc) is 2.35. The molecule has 0 heterocycles. The maximum Gasteiger partial charge on any atom is 0.0591 e. The number of aryl methyl sites for hydroxylation is 2. The van der Waals surface area contributed by atoms with Crippen LogP contribution in [-0.2, 0) is 11.2 Å². The van der Waals surface area contributed by atoms with Crippen LogP contribution >= 0.6 is 0 Å². The molecule has 1 unspecified atom stereocenters. The standard InChI is InChI=1S/C17H29NO/c1-14(2)13-19-11-10-18-16(4)8-9-17-7-5-6-15(3)12-17/h5-7,12,14,16,18H,8-11,13H2,1-4H3. The second-order valence-corrected chi connectivity index (χ2v) is 5.85. The number of ether oxygens (including phenoxy) is 1. The minimum Gasteiger partial charge on any atom is -0.380 e. The van der Waals surface area contributed by atoms with E-state index in [1.807, 2.05) is 0 Å². The zero-order valence-corrected chi connectivity index (χ0v) is 12.9. The minimum absolute atomic E-state index is 0.545. The van der Waals surface area contributed by atoms with Gasteiger partial charge in [-0.3, -0.25) is 0 Å². The lowest BCUT2D eigenvalue weighted by Crippen LogP contribution is -2.30. The molecule has 1 aromatic rings. The van der Waals surface area contributed by atoms with Crippen LogP contribution in [0.3, 0.4) is 0 Å². The molecule has 0 aliphatic rings. The van der Waals surface area contributed by atoms with Crippen molar-refractivity contribution >= 4 is 0 Å². The molecular formula is C17H29NO. The lowest BCUT2D eigenvalue weighted by molar-refractivity contribution is 0.110. The first kappa shape index (κ1) is 16.2. The van der Waals surface area contributed by atoms with Crippen LogP contribution < -0.4 is 5.32 Å². The Morgan fingerprint density at radius 2 is 2.00 bits per heavy atom. The molecule has 1 atom stereocenters. The van der Waals surface area contributed by atoms with Crippen LogP contribution in [0.5, 0.6) is 0 Å². The number of benzene rings is 1. The quantitative estimate of drug-likeness (QED) is 0.688. The Labute approximate surface area is 118 Å². The van der Waals surface area contributed by atoms with Crippen molar-refractivity contribution in [1.82, 2.24) is 5.32 Å². The number of hydrogen-bond donors (Lipinski definition) is 1. The Kier molecular flexibility index (Phi) is 7.76. The zero-order chi connectivity index (χ0) is 14.1. The lowest BCUT2D eigenvalue weighted by Gasteiger charge is -2.14. The van der Waals surface area contributed by atoms with Gasteiger partial charge in [-0.2, -0.15) is 0 Å². The average molecular weight is 263 g/mol. The highest BCUT2D eigenvalue weighted by Gasteiger charge is 2.02. The molecule has 0 amide bonds. The Hall–Kier alpha value is -0.860. The molecule has 0 saturated carbocycles. The third kappa shape index (κ3) is 8.02. The van der Waals surface area contributed by atoms with E-state index in [0.29, 0.717) is 12.0 Å². The molecule has 1 N–H and O–H groups in total. The van der Waals surface area contributed by atoms with E-state index in [9.17, 15) is 0 Å².